The van der Waals surface area contributed by atoms with E-state index in [0.717, 1.165) is 9.88 Å². The summed E-state index contributed by atoms with van der Waals surface area (Å²) in [5.74, 6) is -1.42. The van der Waals surface area contributed by atoms with Crippen molar-refractivity contribution < 1.29 is 14.7 Å². The Morgan fingerprint density at radius 2 is 2.12 bits per heavy atom. The van der Waals surface area contributed by atoms with E-state index in [0.29, 0.717) is 18.5 Å². The second-order valence-electron chi connectivity index (χ2n) is 3.79. The van der Waals surface area contributed by atoms with Crippen LogP contribution in [0.3, 0.4) is 0 Å². The second kappa shape index (κ2) is 5.77. The molecule has 0 aliphatic carbocycles. The molecular formula is C11H16N2O3S. The molecule has 0 bridgehead atoms. The van der Waals surface area contributed by atoms with Gasteiger partial charge in [-0.05, 0) is 20.3 Å². The highest BCUT2D eigenvalue weighted by Crippen LogP contribution is 2.16. The Hall–Kier alpha value is -1.43. The summed E-state index contributed by atoms with van der Waals surface area (Å²) < 4.78 is 0. The molecule has 1 atom stereocenters. The Labute approximate surface area is 104 Å². The van der Waals surface area contributed by atoms with Crippen LogP contribution in [-0.2, 0) is 4.79 Å². The van der Waals surface area contributed by atoms with E-state index in [1.807, 2.05) is 13.8 Å². The molecule has 0 aromatic carbocycles. The fourth-order valence-electron chi connectivity index (χ4n) is 1.51. The Balaban J connectivity index is 2.77. The molecule has 0 saturated carbocycles. The topological polar surface area (TPSA) is 79.3 Å². The molecule has 5 nitrogen and oxygen atoms in total. The van der Waals surface area contributed by atoms with Crippen molar-refractivity contribution in [1.82, 2.24) is 10.3 Å². The van der Waals surface area contributed by atoms with Crippen LogP contribution < -0.4 is 5.32 Å². The standard InChI is InChI=1S/C11H16N2O3S/c1-4-5-8(11(15)16)13-10(14)9-6(2)17-7(3)12-9/h8H,4-5H2,1-3H3,(H,13,14)(H,15,16). The van der Waals surface area contributed by atoms with E-state index in [-0.39, 0.29) is 0 Å². The maximum Gasteiger partial charge on any atom is 0.326 e. The Bertz CT molecular complexity index is 428. The molecule has 0 fully saturated rings. The van der Waals surface area contributed by atoms with Gasteiger partial charge in [-0.2, -0.15) is 0 Å². The Morgan fingerprint density at radius 1 is 1.47 bits per heavy atom. The van der Waals surface area contributed by atoms with Crippen molar-refractivity contribution in [1.29, 1.82) is 0 Å². The first-order valence-electron chi connectivity index (χ1n) is 5.43. The SMILES string of the molecule is CCCC(NC(=O)c1nc(C)sc1C)C(=O)O. The molecule has 0 radical (unpaired) electrons. The van der Waals surface area contributed by atoms with Gasteiger partial charge in [0.15, 0.2) is 0 Å². The van der Waals surface area contributed by atoms with Gasteiger partial charge in [-0.1, -0.05) is 13.3 Å². The van der Waals surface area contributed by atoms with E-state index >= 15 is 0 Å². The minimum Gasteiger partial charge on any atom is -0.480 e. The molecule has 1 rings (SSSR count). The van der Waals surface area contributed by atoms with Crippen LogP contribution in [0.5, 0.6) is 0 Å². The number of carbonyl (C=O) groups excluding carboxylic acids is 1. The maximum atomic E-state index is 11.8. The highest BCUT2D eigenvalue weighted by atomic mass is 32.1. The maximum absolute atomic E-state index is 11.8. The number of hydrogen-bond acceptors (Lipinski definition) is 4. The van der Waals surface area contributed by atoms with Crippen LogP contribution in [0.2, 0.25) is 0 Å². The average molecular weight is 256 g/mol. The lowest BCUT2D eigenvalue weighted by molar-refractivity contribution is -0.139. The predicted molar refractivity (Wildman–Crippen MR) is 65.4 cm³/mol. The Morgan fingerprint density at radius 3 is 2.53 bits per heavy atom. The summed E-state index contributed by atoms with van der Waals surface area (Å²) >= 11 is 1.43. The van der Waals surface area contributed by atoms with Crippen LogP contribution in [0.4, 0.5) is 0 Å². The molecule has 1 heterocycles. The number of hydrogen-bond donors (Lipinski definition) is 2. The van der Waals surface area contributed by atoms with Crippen molar-refractivity contribution in [3.05, 3.63) is 15.6 Å². The minimum absolute atomic E-state index is 0.329. The van der Waals surface area contributed by atoms with E-state index in [1.54, 1.807) is 6.92 Å². The fourth-order valence-corrected chi connectivity index (χ4v) is 2.33. The molecular weight excluding hydrogens is 240 g/mol. The van der Waals surface area contributed by atoms with Crippen molar-refractivity contribution in [3.8, 4) is 0 Å². The number of thiazole rings is 1. The number of aliphatic carboxylic acids is 1. The summed E-state index contributed by atoms with van der Waals surface area (Å²) in [6.45, 7) is 5.49. The van der Waals surface area contributed by atoms with Crippen LogP contribution in [-0.4, -0.2) is 28.0 Å². The lowest BCUT2D eigenvalue weighted by Gasteiger charge is -2.12. The van der Waals surface area contributed by atoms with E-state index < -0.39 is 17.9 Å². The van der Waals surface area contributed by atoms with Gasteiger partial charge in [-0.25, -0.2) is 9.78 Å². The van der Waals surface area contributed by atoms with Crippen LogP contribution in [0.15, 0.2) is 0 Å². The predicted octanol–water partition coefficient (Wildman–Crippen LogP) is 1.74. The van der Waals surface area contributed by atoms with Crippen LogP contribution in [0.1, 0.15) is 40.1 Å². The number of amides is 1. The van der Waals surface area contributed by atoms with Gasteiger partial charge >= 0.3 is 5.97 Å². The number of nitrogens with zero attached hydrogens (tertiary/aromatic N) is 1. The zero-order valence-electron chi connectivity index (χ0n) is 10.1. The third-order valence-corrected chi connectivity index (χ3v) is 3.19. The molecule has 0 aliphatic rings. The van der Waals surface area contributed by atoms with E-state index in [1.165, 1.54) is 11.3 Å². The first kappa shape index (κ1) is 13.6. The van der Waals surface area contributed by atoms with Crippen molar-refractivity contribution in [3.63, 3.8) is 0 Å². The molecule has 0 aliphatic heterocycles. The molecule has 1 unspecified atom stereocenters. The minimum atomic E-state index is -1.01. The van der Waals surface area contributed by atoms with Gasteiger partial charge < -0.3 is 10.4 Å². The van der Waals surface area contributed by atoms with E-state index in [2.05, 4.69) is 10.3 Å². The zero-order valence-corrected chi connectivity index (χ0v) is 10.9. The number of aryl methyl sites for hydroxylation is 2. The third-order valence-electron chi connectivity index (χ3n) is 2.30. The van der Waals surface area contributed by atoms with Gasteiger partial charge in [0.25, 0.3) is 5.91 Å². The number of rotatable bonds is 5. The van der Waals surface area contributed by atoms with E-state index in [4.69, 9.17) is 5.11 Å². The average Bonchev–Trinajstić information content (AvgIpc) is 2.57. The highest BCUT2D eigenvalue weighted by molar-refractivity contribution is 7.11. The van der Waals surface area contributed by atoms with Gasteiger partial charge in [-0.15, -0.1) is 11.3 Å². The number of aromatic nitrogens is 1. The quantitative estimate of drug-likeness (QED) is 0.841. The summed E-state index contributed by atoms with van der Waals surface area (Å²) in [7, 11) is 0. The summed E-state index contributed by atoms with van der Waals surface area (Å²) in [4.78, 5) is 27.7. The first-order valence-corrected chi connectivity index (χ1v) is 6.25. The van der Waals surface area contributed by atoms with Crippen molar-refractivity contribution in [2.75, 3.05) is 0 Å². The molecule has 1 aromatic heterocycles. The van der Waals surface area contributed by atoms with Crippen molar-refractivity contribution >= 4 is 23.2 Å². The summed E-state index contributed by atoms with van der Waals surface area (Å²) in [6.07, 6.45) is 1.12. The van der Waals surface area contributed by atoms with Gasteiger partial charge in [-0.3, -0.25) is 4.79 Å². The largest absolute Gasteiger partial charge is 0.480 e. The zero-order chi connectivity index (χ0) is 13.0. The highest BCUT2D eigenvalue weighted by Gasteiger charge is 2.22. The molecule has 17 heavy (non-hydrogen) atoms. The van der Waals surface area contributed by atoms with Crippen LogP contribution in [0, 0.1) is 13.8 Å². The molecule has 6 heteroatoms. The van der Waals surface area contributed by atoms with Crippen LogP contribution >= 0.6 is 11.3 Å². The molecule has 1 amide bonds. The summed E-state index contributed by atoms with van der Waals surface area (Å²) in [6, 6.07) is -0.839. The lowest BCUT2D eigenvalue weighted by atomic mass is 10.1. The summed E-state index contributed by atoms with van der Waals surface area (Å²) in [5, 5.41) is 12.2. The molecule has 1 aromatic rings. The van der Waals surface area contributed by atoms with Gasteiger partial charge in [0.1, 0.15) is 11.7 Å². The lowest BCUT2D eigenvalue weighted by Crippen LogP contribution is -2.41. The number of nitrogens with one attached hydrogen (secondary N) is 1. The molecule has 0 spiro atoms. The monoisotopic (exact) mass is 256 g/mol. The number of carbonyl (C=O) groups is 2. The normalized spacial score (nSPS) is 12.2. The van der Waals surface area contributed by atoms with Gasteiger partial charge in [0, 0.05) is 4.88 Å². The van der Waals surface area contributed by atoms with Crippen molar-refractivity contribution in [2.24, 2.45) is 0 Å². The number of carboxylic acid groups (broad SMARTS) is 1. The molecule has 2 N–H and O–H groups in total. The fraction of sp³-hybridized carbons (Fsp3) is 0.545. The molecule has 94 valence electrons. The smallest absolute Gasteiger partial charge is 0.326 e. The van der Waals surface area contributed by atoms with Crippen LogP contribution in [0.25, 0.3) is 0 Å². The second-order valence-corrected chi connectivity index (χ2v) is 5.20. The summed E-state index contributed by atoms with van der Waals surface area (Å²) in [5.41, 5.74) is 0.329. The van der Waals surface area contributed by atoms with Crippen molar-refractivity contribution in [2.45, 2.75) is 39.7 Å². The van der Waals surface area contributed by atoms with E-state index in [9.17, 15) is 9.59 Å². The van der Waals surface area contributed by atoms with Gasteiger partial charge in [0.2, 0.25) is 0 Å². The van der Waals surface area contributed by atoms with Gasteiger partial charge in [0.05, 0.1) is 5.01 Å². The first-order chi connectivity index (χ1) is 7.95. The Kier molecular flexibility index (Phi) is 4.62. The third kappa shape index (κ3) is 3.52. The molecule has 0 saturated heterocycles. The number of carboxylic acids is 1.